The second kappa shape index (κ2) is 3.92. The van der Waals surface area contributed by atoms with E-state index in [0.717, 1.165) is 22.4 Å². The molecule has 3 heteroatoms. The van der Waals surface area contributed by atoms with Crippen molar-refractivity contribution in [1.29, 1.82) is 0 Å². The zero-order valence-electron chi connectivity index (χ0n) is 8.64. The van der Waals surface area contributed by atoms with Crippen molar-refractivity contribution >= 4 is 28.7 Å². The highest BCUT2D eigenvalue weighted by Gasteiger charge is 2.23. The van der Waals surface area contributed by atoms with Gasteiger partial charge in [-0.2, -0.15) is 0 Å². The Labute approximate surface area is 97.9 Å². The molecule has 0 aromatic heterocycles. The average molecular weight is 229 g/mol. The number of carbonyl (C=O) groups excluding carboxylic acids is 1. The van der Waals surface area contributed by atoms with E-state index in [2.05, 4.69) is 10.1 Å². The summed E-state index contributed by atoms with van der Waals surface area (Å²) in [7, 11) is 0. The Hall–Kier alpha value is -1.32. The lowest BCUT2D eigenvalue weighted by Gasteiger charge is -2.19. The lowest BCUT2D eigenvalue weighted by molar-refractivity contribution is -0.110. The topological polar surface area (TPSA) is 29.1 Å². The third-order valence-electron chi connectivity index (χ3n) is 2.90. The van der Waals surface area contributed by atoms with Crippen LogP contribution in [0.4, 0.5) is 0 Å². The summed E-state index contributed by atoms with van der Waals surface area (Å²) in [5, 5.41) is 4.26. The molecule has 1 heterocycles. The van der Waals surface area contributed by atoms with Crippen molar-refractivity contribution in [2.75, 3.05) is 0 Å². The Morgan fingerprint density at radius 2 is 2.19 bits per heavy atom. The first-order chi connectivity index (χ1) is 7.86. The highest BCUT2D eigenvalue weighted by Crippen LogP contribution is 2.18. The van der Waals surface area contributed by atoms with E-state index in [0.29, 0.717) is 0 Å². The third kappa shape index (κ3) is 1.52. The fourth-order valence-corrected chi connectivity index (χ4v) is 2.92. The van der Waals surface area contributed by atoms with Crippen LogP contribution in [0.25, 0.3) is 11.0 Å². The molecule has 2 nitrogen and oxygen atoms in total. The molecule has 0 fully saturated rings. The minimum absolute atomic E-state index is 0.132. The van der Waals surface area contributed by atoms with E-state index in [1.54, 1.807) is 18.0 Å². The van der Waals surface area contributed by atoms with Crippen LogP contribution in [-0.2, 0) is 4.79 Å². The van der Waals surface area contributed by atoms with Gasteiger partial charge in [0.2, 0.25) is 0 Å². The zero-order valence-corrected chi connectivity index (χ0v) is 9.46. The van der Waals surface area contributed by atoms with E-state index in [4.69, 9.17) is 0 Å². The predicted molar refractivity (Wildman–Crippen MR) is 66.8 cm³/mol. The smallest absolute Gasteiger partial charge is 0.183 e. The van der Waals surface area contributed by atoms with Gasteiger partial charge in [-0.15, -0.1) is 0 Å². The summed E-state index contributed by atoms with van der Waals surface area (Å²) in [6, 6.07) is 8.20. The van der Waals surface area contributed by atoms with Crippen molar-refractivity contribution in [2.45, 2.75) is 12.5 Å². The fraction of sp³-hybridized carbons (Fsp3) is 0.154. The van der Waals surface area contributed by atoms with Gasteiger partial charge in [-0.05, 0) is 28.3 Å². The molecule has 3 rings (SSSR count). The van der Waals surface area contributed by atoms with Gasteiger partial charge in [0.25, 0.3) is 0 Å². The molecule has 1 aromatic rings. The number of hydrogen-bond acceptors (Lipinski definition) is 3. The second-order valence-electron chi connectivity index (χ2n) is 3.91. The van der Waals surface area contributed by atoms with Crippen LogP contribution < -0.4 is 15.2 Å². The SMILES string of the molecule is O=C1C=CCC2NSC=c3ccccc3=C12. The van der Waals surface area contributed by atoms with Crippen LogP contribution in [0, 0.1) is 0 Å². The molecular weight excluding hydrogens is 218 g/mol. The molecule has 1 aliphatic carbocycles. The van der Waals surface area contributed by atoms with Gasteiger partial charge in [-0.3, -0.25) is 9.52 Å². The number of rotatable bonds is 0. The Bertz CT molecular complexity index is 588. The van der Waals surface area contributed by atoms with Crippen molar-refractivity contribution in [3.63, 3.8) is 0 Å². The summed E-state index contributed by atoms with van der Waals surface area (Å²) in [5.74, 6) is 0.132. The van der Waals surface area contributed by atoms with Gasteiger partial charge in [-0.1, -0.05) is 42.3 Å². The number of benzene rings is 1. The molecule has 2 aliphatic rings. The summed E-state index contributed by atoms with van der Waals surface area (Å²) in [4.78, 5) is 12.0. The minimum Gasteiger partial charge on any atom is -0.290 e. The van der Waals surface area contributed by atoms with Crippen LogP contribution in [-0.4, -0.2) is 11.8 Å². The fourth-order valence-electron chi connectivity index (χ4n) is 2.14. The van der Waals surface area contributed by atoms with Gasteiger partial charge in [-0.25, -0.2) is 0 Å². The first-order valence-electron chi connectivity index (χ1n) is 5.28. The normalized spacial score (nSPS) is 23.1. The molecule has 0 radical (unpaired) electrons. The molecule has 1 N–H and O–H groups in total. The van der Waals surface area contributed by atoms with Gasteiger partial charge < -0.3 is 0 Å². The quantitative estimate of drug-likeness (QED) is 0.665. The molecule has 1 aliphatic heterocycles. The standard InChI is InChI=1S/C13H11NOS/c15-12-7-3-6-11-13(12)10-5-2-1-4-9(10)8-16-14-11/h1-5,7-8,11,14H,6H2. The number of allylic oxidation sites excluding steroid dienone is 1. The van der Waals surface area contributed by atoms with Gasteiger partial charge in [0.05, 0.1) is 6.04 Å². The van der Waals surface area contributed by atoms with Crippen molar-refractivity contribution in [3.05, 3.63) is 46.9 Å². The molecule has 0 saturated heterocycles. The Kier molecular flexibility index (Phi) is 2.42. The summed E-state index contributed by atoms with van der Waals surface area (Å²) < 4.78 is 3.31. The van der Waals surface area contributed by atoms with Crippen LogP contribution in [0.3, 0.4) is 0 Å². The first kappa shape index (κ1) is 9.87. The van der Waals surface area contributed by atoms with E-state index in [1.807, 2.05) is 30.3 Å². The average Bonchev–Trinajstić information content (AvgIpc) is 2.49. The predicted octanol–water partition coefficient (Wildman–Crippen LogP) is 0.724. The van der Waals surface area contributed by atoms with Crippen LogP contribution in [0.5, 0.6) is 0 Å². The van der Waals surface area contributed by atoms with Crippen molar-refractivity contribution in [2.24, 2.45) is 0 Å². The molecular formula is C13H11NOS. The largest absolute Gasteiger partial charge is 0.290 e. The lowest BCUT2D eigenvalue weighted by Crippen LogP contribution is -2.36. The monoisotopic (exact) mass is 229 g/mol. The Balaban J connectivity index is 2.40. The Morgan fingerprint density at radius 3 is 3.12 bits per heavy atom. The van der Waals surface area contributed by atoms with Crippen LogP contribution >= 0.6 is 11.9 Å². The Morgan fingerprint density at radius 1 is 1.31 bits per heavy atom. The molecule has 16 heavy (non-hydrogen) atoms. The summed E-state index contributed by atoms with van der Waals surface area (Å²) in [6.07, 6.45) is 4.51. The van der Waals surface area contributed by atoms with Crippen molar-refractivity contribution in [1.82, 2.24) is 4.72 Å². The number of fused-ring (bicyclic) bond motifs is 2. The first-order valence-corrected chi connectivity index (χ1v) is 6.16. The molecule has 1 atom stereocenters. The molecule has 1 aromatic carbocycles. The van der Waals surface area contributed by atoms with Crippen LogP contribution in [0.1, 0.15) is 6.42 Å². The lowest BCUT2D eigenvalue weighted by atomic mass is 9.92. The minimum atomic E-state index is 0.132. The van der Waals surface area contributed by atoms with Crippen molar-refractivity contribution in [3.8, 4) is 0 Å². The number of carbonyl (C=O) groups is 1. The molecule has 1 unspecified atom stereocenters. The summed E-state index contributed by atoms with van der Waals surface area (Å²) in [5.41, 5.74) is 0.902. The van der Waals surface area contributed by atoms with Gasteiger partial charge in [0.15, 0.2) is 5.78 Å². The molecule has 0 saturated carbocycles. The molecule has 0 amide bonds. The second-order valence-corrected chi connectivity index (χ2v) is 4.62. The molecule has 0 bridgehead atoms. The summed E-state index contributed by atoms with van der Waals surface area (Å²) in [6.45, 7) is 0. The van der Waals surface area contributed by atoms with Gasteiger partial charge in [0, 0.05) is 5.57 Å². The van der Waals surface area contributed by atoms with Gasteiger partial charge >= 0.3 is 0 Å². The van der Waals surface area contributed by atoms with E-state index < -0.39 is 0 Å². The van der Waals surface area contributed by atoms with Crippen molar-refractivity contribution < 1.29 is 4.79 Å². The van der Waals surface area contributed by atoms with Crippen LogP contribution in [0.15, 0.2) is 36.4 Å². The number of hydrogen-bond donors (Lipinski definition) is 1. The zero-order chi connectivity index (χ0) is 11.0. The maximum atomic E-state index is 12.0. The highest BCUT2D eigenvalue weighted by atomic mass is 32.2. The maximum Gasteiger partial charge on any atom is 0.183 e. The highest BCUT2D eigenvalue weighted by molar-refractivity contribution is 8.04. The molecule has 0 spiro atoms. The third-order valence-corrected chi connectivity index (χ3v) is 3.69. The van der Waals surface area contributed by atoms with E-state index in [9.17, 15) is 4.79 Å². The van der Waals surface area contributed by atoms with E-state index in [1.165, 1.54) is 0 Å². The maximum absolute atomic E-state index is 12.0. The van der Waals surface area contributed by atoms with Crippen LogP contribution in [0.2, 0.25) is 0 Å². The molecule has 80 valence electrons. The van der Waals surface area contributed by atoms with Gasteiger partial charge in [0.1, 0.15) is 0 Å². The number of ketones is 1. The van der Waals surface area contributed by atoms with E-state index >= 15 is 0 Å². The summed E-state index contributed by atoms with van der Waals surface area (Å²) >= 11 is 1.56. The number of nitrogens with one attached hydrogen (secondary N) is 1. The van der Waals surface area contributed by atoms with E-state index in [-0.39, 0.29) is 11.8 Å².